The van der Waals surface area contributed by atoms with Crippen molar-refractivity contribution in [2.75, 3.05) is 6.54 Å². The molecule has 4 heteroatoms. The minimum absolute atomic E-state index is 0.0831. The average Bonchev–Trinajstić information content (AvgIpc) is 2.51. The molecule has 1 saturated heterocycles. The first-order valence-corrected chi connectivity index (χ1v) is 7.02. The molecule has 0 aromatic rings. The Kier molecular flexibility index (Phi) is 4.33. The Hall–Kier alpha value is -1.06. The second-order valence-corrected chi connectivity index (χ2v) is 7.19. The Morgan fingerprint density at radius 3 is 2.26 bits per heavy atom. The summed E-state index contributed by atoms with van der Waals surface area (Å²) in [6.45, 7) is 13.8. The quantitative estimate of drug-likeness (QED) is 0.773. The first-order valence-electron chi connectivity index (χ1n) is 7.02. The maximum absolute atomic E-state index is 12.4. The number of hydrogen-bond donors (Lipinski definition) is 0. The van der Waals surface area contributed by atoms with E-state index in [-0.39, 0.29) is 17.8 Å². The largest absolute Gasteiger partial charge is 0.444 e. The number of likely N-dealkylation sites (tertiary alicyclic amines) is 1. The van der Waals surface area contributed by atoms with Gasteiger partial charge in [-0.1, -0.05) is 20.8 Å². The van der Waals surface area contributed by atoms with Gasteiger partial charge in [0.05, 0.1) is 0 Å². The minimum atomic E-state index is -0.726. The van der Waals surface area contributed by atoms with Crippen molar-refractivity contribution in [3.8, 4) is 0 Å². The lowest BCUT2D eigenvalue weighted by atomic mass is 9.85. The molecule has 0 saturated carbocycles. The summed E-state index contributed by atoms with van der Waals surface area (Å²) in [6, 6.07) is 0. The Balaban J connectivity index is 2.97. The first kappa shape index (κ1) is 16.0. The minimum Gasteiger partial charge on any atom is -0.444 e. The molecule has 1 heterocycles. The standard InChI is InChI=1S/C15H27NO3/c1-10(2)12(17)15(7)8-11(3)9-16(15)13(18)19-14(4,5)6/h10-11H,8-9H2,1-7H3/t11-,15+/m1/s1. The molecule has 0 unspecified atom stereocenters. The predicted molar refractivity (Wildman–Crippen MR) is 75.0 cm³/mol. The molecule has 2 atom stereocenters. The number of amides is 1. The molecule has 0 N–H and O–H groups in total. The van der Waals surface area contributed by atoms with Crippen LogP contribution >= 0.6 is 0 Å². The van der Waals surface area contributed by atoms with Crippen molar-refractivity contribution in [3.05, 3.63) is 0 Å². The number of ketones is 1. The normalized spacial score (nSPS) is 27.8. The van der Waals surface area contributed by atoms with E-state index in [1.165, 1.54) is 0 Å². The zero-order valence-electron chi connectivity index (χ0n) is 13.2. The third-order valence-corrected chi connectivity index (χ3v) is 3.51. The number of hydrogen-bond acceptors (Lipinski definition) is 3. The number of rotatable bonds is 2. The van der Waals surface area contributed by atoms with Crippen LogP contribution in [0.3, 0.4) is 0 Å². The highest BCUT2D eigenvalue weighted by Gasteiger charge is 2.49. The van der Waals surface area contributed by atoms with Crippen LogP contribution in [0, 0.1) is 11.8 Å². The fourth-order valence-electron chi connectivity index (χ4n) is 2.81. The van der Waals surface area contributed by atoms with E-state index >= 15 is 0 Å². The van der Waals surface area contributed by atoms with Crippen LogP contribution < -0.4 is 0 Å². The molecule has 0 bridgehead atoms. The monoisotopic (exact) mass is 269 g/mol. The second kappa shape index (κ2) is 5.14. The van der Waals surface area contributed by atoms with Gasteiger partial charge in [0.2, 0.25) is 0 Å². The van der Waals surface area contributed by atoms with Gasteiger partial charge in [-0.15, -0.1) is 0 Å². The molecule has 0 aromatic heterocycles. The van der Waals surface area contributed by atoms with Crippen LogP contribution in [-0.2, 0) is 9.53 Å². The van der Waals surface area contributed by atoms with E-state index in [2.05, 4.69) is 6.92 Å². The summed E-state index contributed by atoms with van der Waals surface area (Å²) in [6.07, 6.45) is 0.330. The summed E-state index contributed by atoms with van der Waals surface area (Å²) in [5.74, 6) is 0.350. The van der Waals surface area contributed by atoms with Crippen LogP contribution in [0.2, 0.25) is 0 Å². The molecule has 110 valence electrons. The van der Waals surface area contributed by atoms with E-state index in [0.717, 1.165) is 0 Å². The summed E-state index contributed by atoms with van der Waals surface area (Å²) in [7, 11) is 0. The van der Waals surface area contributed by atoms with E-state index in [0.29, 0.717) is 18.9 Å². The van der Waals surface area contributed by atoms with Crippen molar-refractivity contribution in [3.63, 3.8) is 0 Å². The Bertz CT molecular complexity index is 370. The van der Waals surface area contributed by atoms with E-state index in [9.17, 15) is 9.59 Å². The van der Waals surface area contributed by atoms with Crippen molar-refractivity contribution in [2.24, 2.45) is 11.8 Å². The Morgan fingerprint density at radius 1 is 1.32 bits per heavy atom. The predicted octanol–water partition coefficient (Wildman–Crippen LogP) is 3.25. The third-order valence-electron chi connectivity index (χ3n) is 3.51. The topological polar surface area (TPSA) is 46.6 Å². The second-order valence-electron chi connectivity index (χ2n) is 7.19. The molecular weight excluding hydrogens is 242 g/mol. The summed E-state index contributed by atoms with van der Waals surface area (Å²) in [4.78, 5) is 26.4. The van der Waals surface area contributed by atoms with Crippen LogP contribution in [0.25, 0.3) is 0 Å². The summed E-state index contributed by atoms with van der Waals surface area (Å²) in [5, 5.41) is 0. The molecule has 1 amide bonds. The molecule has 1 aliphatic rings. The molecule has 4 nitrogen and oxygen atoms in total. The van der Waals surface area contributed by atoms with Crippen LogP contribution in [-0.4, -0.2) is 34.5 Å². The first-order chi connectivity index (χ1) is 8.47. The van der Waals surface area contributed by atoms with Gasteiger partial charge < -0.3 is 4.74 Å². The van der Waals surface area contributed by atoms with Gasteiger partial charge in [-0.3, -0.25) is 9.69 Å². The lowest BCUT2D eigenvalue weighted by Crippen LogP contribution is -2.53. The van der Waals surface area contributed by atoms with E-state index in [4.69, 9.17) is 4.74 Å². The number of carbonyl (C=O) groups is 2. The smallest absolute Gasteiger partial charge is 0.411 e. The molecule has 1 rings (SSSR count). The van der Waals surface area contributed by atoms with Crippen LogP contribution in [0.4, 0.5) is 4.79 Å². The molecule has 0 aromatic carbocycles. The molecule has 0 radical (unpaired) electrons. The van der Waals surface area contributed by atoms with Gasteiger partial charge in [-0.25, -0.2) is 4.79 Å². The highest BCUT2D eigenvalue weighted by Crippen LogP contribution is 2.36. The fraction of sp³-hybridized carbons (Fsp3) is 0.867. The molecule has 0 spiro atoms. The number of Topliss-reactive ketones (excluding diaryl/α,β-unsaturated/α-hetero) is 1. The van der Waals surface area contributed by atoms with Gasteiger partial charge in [0, 0.05) is 12.5 Å². The lowest BCUT2D eigenvalue weighted by Gasteiger charge is -2.36. The zero-order chi connectivity index (χ0) is 15.0. The van der Waals surface area contributed by atoms with E-state index in [1.807, 2.05) is 41.5 Å². The van der Waals surface area contributed by atoms with E-state index in [1.54, 1.807) is 4.90 Å². The van der Waals surface area contributed by atoms with Gasteiger partial charge in [0.25, 0.3) is 0 Å². The highest BCUT2D eigenvalue weighted by atomic mass is 16.6. The van der Waals surface area contributed by atoms with Crippen molar-refractivity contribution in [1.82, 2.24) is 4.90 Å². The van der Waals surface area contributed by atoms with Gasteiger partial charge in [-0.05, 0) is 40.0 Å². The maximum atomic E-state index is 12.4. The van der Waals surface area contributed by atoms with Gasteiger partial charge >= 0.3 is 6.09 Å². The molecule has 0 aliphatic carbocycles. The highest BCUT2D eigenvalue weighted by molar-refractivity contribution is 5.93. The lowest BCUT2D eigenvalue weighted by molar-refractivity contribution is -0.131. The fourth-order valence-corrected chi connectivity index (χ4v) is 2.81. The number of ether oxygens (including phenoxy) is 1. The van der Waals surface area contributed by atoms with Crippen molar-refractivity contribution >= 4 is 11.9 Å². The number of nitrogens with zero attached hydrogens (tertiary/aromatic N) is 1. The van der Waals surface area contributed by atoms with Crippen LogP contribution in [0.15, 0.2) is 0 Å². The van der Waals surface area contributed by atoms with Crippen molar-refractivity contribution in [2.45, 2.75) is 66.0 Å². The molecule has 1 aliphatic heterocycles. The maximum Gasteiger partial charge on any atom is 0.411 e. The van der Waals surface area contributed by atoms with E-state index < -0.39 is 11.1 Å². The van der Waals surface area contributed by atoms with Gasteiger partial charge in [0.15, 0.2) is 5.78 Å². The Morgan fingerprint density at radius 2 is 1.84 bits per heavy atom. The molecule has 19 heavy (non-hydrogen) atoms. The third kappa shape index (κ3) is 3.48. The van der Waals surface area contributed by atoms with Crippen molar-refractivity contribution < 1.29 is 14.3 Å². The van der Waals surface area contributed by atoms with Gasteiger partial charge in [-0.2, -0.15) is 0 Å². The Labute approximate surface area is 116 Å². The molecule has 1 fully saturated rings. The van der Waals surface area contributed by atoms with Crippen LogP contribution in [0.1, 0.15) is 54.9 Å². The summed E-state index contributed by atoms with van der Waals surface area (Å²) >= 11 is 0. The van der Waals surface area contributed by atoms with Crippen molar-refractivity contribution in [1.29, 1.82) is 0 Å². The molecular formula is C15H27NO3. The summed E-state index contributed by atoms with van der Waals surface area (Å²) in [5.41, 5.74) is -1.26. The SMILES string of the molecule is CC(C)C(=O)[C@]1(C)C[C@@H](C)CN1C(=O)OC(C)(C)C. The summed E-state index contributed by atoms with van der Waals surface area (Å²) < 4.78 is 5.43. The zero-order valence-corrected chi connectivity index (χ0v) is 13.2. The number of carbonyl (C=O) groups excluding carboxylic acids is 2. The average molecular weight is 269 g/mol. The van der Waals surface area contributed by atoms with Crippen LogP contribution in [0.5, 0.6) is 0 Å². The van der Waals surface area contributed by atoms with Gasteiger partial charge in [0.1, 0.15) is 11.1 Å².